The normalized spacial score (nSPS) is 10.3. The monoisotopic (exact) mass is 397 g/mol. The van der Waals surface area contributed by atoms with Gasteiger partial charge >= 0.3 is 12.6 Å². The van der Waals surface area contributed by atoms with Crippen LogP contribution in [0, 0.1) is 0 Å². The topological polar surface area (TPSA) is 79.5 Å². The number of benzene rings is 3. The van der Waals surface area contributed by atoms with Gasteiger partial charge in [0.15, 0.2) is 0 Å². The first kappa shape index (κ1) is 19.8. The number of carbonyl (C=O) groups excluding carboxylic acids is 2. The van der Waals surface area contributed by atoms with E-state index in [1.54, 1.807) is 36.4 Å². The molecule has 3 N–H and O–H groups in total. The molecule has 0 aliphatic heterocycles. The van der Waals surface area contributed by atoms with Crippen molar-refractivity contribution in [1.82, 2.24) is 0 Å². The molecule has 3 aromatic rings. The number of ether oxygens (including phenoxy) is 1. The van der Waals surface area contributed by atoms with Gasteiger partial charge in [-0.25, -0.2) is 4.79 Å². The van der Waals surface area contributed by atoms with E-state index in [1.807, 2.05) is 18.2 Å². The minimum absolute atomic E-state index is 0.0271. The van der Waals surface area contributed by atoms with Crippen LogP contribution in [-0.2, 0) is 0 Å². The molecule has 0 saturated carbocycles. The number of rotatable bonds is 6. The Morgan fingerprint density at radius 1 is 0.690 bits per heavy atom. The van der Waals surface area contributed by atoms with Crippen LogP contribution in [0.5, 0.6) is 5.75 Å². The Bertz CT molecular complexity index is 963. The summed E-state index contributed by atoms with van der Waals surface area (Å²) in [7, 11) is 0. The second-order valence-corrected chi connectivity index (χ2v) is 5.88. The van der Waals surface area contributed by atoms with E-state index in [2.05, 4.69) is 20.7 Å². The first-order valence-electron chi connectivity index (χ1n) is 8.59. The van der Waals surface area contributed by atoms with Gasteiger partial charge in [0.1, 0.15) is 5.75 Å². The number of carbonyl (C=O) groups is 2. The van der Waals surface area contributed by atoms with Crippen LogP contribution in [0.2, 0.25) is 0 Å². The van der Waals surface area contributed by atoms with Crippen LogP contribution in [0.4, 0.5) is 30.6 Å². The van der Waals surface area contributed by atoms with Crippen molar-refractivity contribution in [3.63, 3.8) is 0 Å². The number of amides is 3. The standard InChI is InChI=1S/C21H17F2N3O3/c22-20(23)29-18-12-6-14(7-13-18)19(27)24-16-8-10-17(11-9-16)26-21(28)25-15-4-2-1-3-5-15/h1-13,20H,(H,24,27)(H2,25,26,28). The minimum Gasteiger partial charge on any atom is -0.435 e. The van der Waals surface area contributed by atoms with Gasteiger partial charge < -0.3 is 20.7 Å². The Morgan fingerprint density at radius 2 is 1.21 bits per heavy atom. The van der Waals surface area contributed by atoms with Crippen LogP contribution in [0.15, 0.2) is 78.9 Å². The van der Waals surface area contributed by atoms with Gasteiger partial charge in [-0.2, -0.15) is 8.78 Å². The smallest absolute Gasteiger partial charge is 0.387 e. The van der Waals surface area contributed by atoms with Crippen LogP contribution in [0.3, 0.4) is 0 Å². The summed E-state index contributed by atoms with van der Waals surface area (Å²) >= 11 is 0. The predicted octanol–water partition coefficient (Wildman–Crippen LogP) is 5.18. The van der Waals surface area contributed by atoms with Crippen LogP contribution in [0.25, 0.3) is 0 Å². The maximum Gasteiger partial charge on any atom is 0.387 e. The average molecular weight is 397 g/mol. The molecule has 3 aromatic carbocycles. The lowest BCUT2D eigenvalue weighted by Gasteiger charge is -2.10. The molecule has 0 aromatic heterocycles. The molecule has 0 unspecified atom stereocenters. The van der Waals surface area contributed by atoms with Gasteiger partial charge in [-0.05, 0) is 60.7 Å². The summed E-state index contributed by atoms with van der Waals surface area (Å²) in [6.45, 7) is -2.92. The maximum absolute atomic E-state index is 12.2. The molecule has 3 amide bonds. The fourth-order valence-electron chi connectivity index (χ4n) is 2.44. The van der Waals surface area contributed by atoms with Crippen molar-refractivity contribution < 1.29 is 23.1 Å². The molecule has 0 spiro atoms. The molecule has 0 atom stereocenters. The van der Waals surface area contributed by atoms with Crippen molar-refractivity contribution in [2.75, 3.05) is 16.0 Å². The maximum atomic E-state index is 12.2. The molecular formula is C21H17F2N3O3. The van der Waals surface area contributed by atoms with Crippen LogP contribution < -0.4 is 20.7 Å². The number of hydrogen-bond donors (Lipinski definition) is 3. The Hall–Kier alpha value is -3.94. The van der Waals surface area contributed by atoms with Crippen molar-refractivity contribution in [2.45, 2.75) is 6.61 Å². The van der Waals surface area contributed by atoms with Crippen molar-refractivity contribution in [3.05, 3.63) is 84.4 Å². The molecule has 6 nitrogen and oxygen atoms in total. The van der Waals surface area contributed by atoms with Crippen LogP contribution in [0.1, 0.15) is 10.4 Å². The zero-order chi connectivity index (χ0) is 20.6. The predicted molar refractivity (Wildman–Crippen MR) is 107 cm³/mol. The minimum atomic E-state index is -2.92. The largest absolute Gasteiger partial charge is 0.435 e. The Morgan fingerprint density at radius 3 is 1.76 bits per heavy atom. The van der Waals surface area contributed by atoms with Gasteiger partial charge in [-0.15, -0.1) is 0 Å². The third kappa shape index (κ3) is 6.03. The molecule has 0 aliphatic rings. The van der Waals surface area contributed by atoms with E-state index in [4.69, 9.17) is 0 Å². The average Bonchev–Trinajstić information content (AvgIpc) is 2.70. The Kier molecular flexibility index (Phi) is 6.36. The fourth-order valence-corrected chi connectivity index (χ4v) is 2.44. The summed E-state index contributed by atoms with van der Waals surface area (Å²) in [5.74, 6) is -0.433. The molecule has 0 fully saturated rings. The number of para-hydroxylation sites is 1. The number of anilines is 3. The summed E-state index contributed by atoms with van der Waals surface area (Å²) in [6, 6.07) is 20.5. The zero-order valence-corrected chi connectivity index (χ0v) is 15.1. The molecule has 29 heavy (non-hydrogen) atoms. The number of halogens is 2. The molecule has 0 saturated heterocycles. The highest BCUT2D eigenvalue weighted by atomic mass is 19.3. The van der Waals surface area contributed by atoms with E-state index in [0.29, 0.717) is 17.1 Å². The number of urea groups is 1. The zero-order valence-electron chi connectivity index (χ0n) is 15.1. The molecule has 3 rings (SSSR count). The van der Waals surface area contributed by atoms with Crippen molar-refractivity contribution in [3.8, 4) is 5.75 Å². The van der Waals surface area contributed by atoms with Crippen LogP contribution >= 0.6 is 0 Å². The SMILES string of the molecule is O=C(Nc1ccccc1)Nc1ccc(NC(=O)c2ccc(OC(F)F)cc2)cc1. The van der Waals surface area contributed by atoms with E-state index in [-0.39, 0.29) is 17.3 Å². The van der Waals surface area contributed by atoms with Gasteiger partial charge in [-0.3, -0.25) is 4.79 Å². The van der Waals surface area contributed by atoms with Gasteiger partial charge in [0.2, 0.25) is 0 Å². The third-order valence-electron chi connectivity index (χ3n) is 3.77. The Labute approximate surface area is 165 Å². The van der Waals surface area contributed by atoms with Gasteiger partial charge in [0, 0.05) is 22.6 Å². The van der Waals surface area contributed by atoms with Gasteiger partial charge in [-0.1, -0.05) is 18.2 Å². The van der Waals surface area contributed by atoms with Crippen molar-refractivity contribution in [2.24, 2.45) is 0 Å². The van der Waals surface area contributed by atoms with Crippen molar-refractivity contribution in [1.29, 1.82) is 0 Å². The third-order valence-corrected chi connectivity index (χ3v) is 3.77. The first-order chi connectivity index (χ1) is 14.0. The quantitative estimate of drug-likeness (QED) is 0.536. The highest BCUT2D eigenvalue weighted by Crippen LogP contribution is 2.18. The second-order valence-electron chi connectivity index (χ2n) is 5.88. The first-order valence-corrected chi connectivity index (χ1v) is 8.59. The van der Waals surface area contributed by atoms with Gasteiger partial charge in [0.05, 0.1) is 0 Å². The highest BCUT2D eigenvalue weighted by Gasteiger charge is 2.09. The molecule has 0 radical (unpaired) electrons. The van der Waals surface area contributed by atoms with E-state index >= 15 is 0 Å². The van der Waals surface area contributed by atoms with Crippen molar-refractivity contribution >= 4 is 29.0 Å². The van der Waals surface area contributed by atoms with Gasteiger partial charge in [0.25, 0.3) is 5.91 Å². The van der Waals surface area contributed by atoms with E-state index in [9.17, 15) is 18.4 Å². The summed E-state index contributed by atoms with van der Waals surface area (Å²) in [5.41, 5.74) is 2.01. The van der Waals surface area contributed by atoms with Crippen LogP contribution in [-0.4, -0.2) is 18.5 Å². The molecule has 0 heterocycles. The molecule has 148 valence electrons. The summed E-state index contributed by atoms with van der Waals surface area (Å²) < 4.78 is 28.6. The Balaban J connectivity index is 1.54. The summed E-state index contributed by atoms with van der Waals surface area (Å²) in [5, 5.41) is 8.07. The summed E-state index contributed by atoms with van der Waals surface area (Å²) in [6.07, 6.45) is 0. The lowest BCUT2D eigenvalue weighted by molar-refractivity contribution is -0.0498. The van der Waals surface area contributed by atoms with E-state index in [0.717, 1.165) is 0 Å². The molecule has 8 heteroatoms. The number of alkyl halides is 2. The van der Waals surface area contributed by atoms with E-state index < -0.39 is 12.5 Å². The molecule has 0 aliphatic carbocycles. The lowest BCUT2D eigenvalue weighted by Crippen LogP contribution is -2.19. The lowest BCUT2D eigenvalue weighted by atomic mass is 10.2. The molecular weight excluding hydrogens is 380 g/mol. The fraction of sp³-hybridized carbons (Fsp3) is 0.0476. The highest BCUT2D eigenvalue weighted by molar-refractivity contribution is 6.04. The number of nitrogens with one attached hydrogen (secondary N) is 3. The summed E-state index contributed by atoms with van der Waals surface area (Å²) in [4.78, 5) is 24.2. The number of hydrogen-bond acceptors (Lipinski definition) is 3. The van der Waals surface area contributed by atoms with E-state index in [1.165, 1.54) is 24.3 Å². The second kappa shape index (κ2) is 9.32. The molecule has 0 bridgehead atoms.